The third-order valence-corrected chi connectivity index (χ3v) is 3.10. The first-order valence-electron chi connectivity index (χ1n) is 6.38. The van der Waals surface area contributed by atoms with Crippen molar-refractivity contribution in [2.75, 3.05) is 0 Å². The SMILES string of the molecule is O=[N+]([O-])c1ccc(N=Nc2cccc3ccccc23)cc1. The molecule has 0 fully saturated rings. The minimum Gasteiger partial charge on any atom is -0.258 e. The first-order chi connectivity index (χ1) is 10.2. The van der Waals surface area contributed by atoms with Gasteiger partial charge in [-0.2, -0.15) is 5.11 Å². The molecule has 0 radical (unpaired) electrons. The maximum absolute atomic E-state index is 10.6. The van der Waals surface area contributed by atoms with E-state index in [0.717, 1.165) is 16.5 Å². The van der Waals surface area contributed by atoms with Crippen LogP contribution in [-0.4, -0.2) is 4.92 Å². The molecular formula is C16H11N3O2. The minimum atomic E-state index is -0.439. The lowest BCUT2D eigenvalue weighted by molar-refractivity contribution is -0.384. The third kappa shape index (κ3) is 2.76. The highest BCUT2D eigenvalue weighted by Gasteiger charge is 2.03. The Hall–Kier alpha value is -3.08. The first-order valence-corrected chi connectivity index (χ1v) is 6.38. The summed E-state index contributed by atoms with van der Waals surface area (Å²) in [6.45, 7) is 0. The van der Waals surface area contributed by atoms with Gasteiger partial charge in [-0.1, -0.05) is 36.4 Å². The van der Waals surface area contributed by atoms with Gasteiger partial charge in [-0.05, 0) is 23.6 Å². The molecule has 0 saturated carbocycles. The van der Waals surface area contributed by atoms with Gasteiger partial charge in [0, 0.05) is 17.5 Å². The zero-order chi connectivity index (χ0) is 14.7. The van der Waals surface area contributed by atoms with Crippen LogP contribution in [0.15, 0.2) is 77.0 Å². The molecule has 3 aromatic carbocycles. The number of hydrogen-bond donors (Lipinski definition) is 0. The van der Waals surface area contributed by atoms with Gasteiger partial charge >= 0.3 is 0 Å². The normalized spacial score (nSPS) is 11.0. The smallest absolute Gasteiger partial charge is 0.258 e. The quantitative estimate of drug-likeness (QED) is 0.377. The number of nitrogens with zero attached hydrogens (tertiary/aromatic N) is 3. The van der Waals surface area contributed by atoms with Crippen LogP contribution in [0.25, 0.3) is 10.8 Å². The fourth-order valence-electron chi connectivity index (χ4n) is 2.05. The van der Waals surface area contributed by atoms with Crippen molar-refractivity contribution in [1.29, 1.82) is 0 Å². The van der Waals surface area contributed by atoms with Gasteiger partial charge < -0.3 is 0 Å². The second-order valence-electron chi connectivity index (χ2n) is 4.47. The molecule has 0 bridgehead atoms. The van der Waals surface area contributed by atoms with Crippen LogP contribution >= 0.6 is 0 Å². The molecule has 0 aliphatic rings. The summed E-state index contributed by atoms with van der Waals surface area (Å²) >= 11 is 0. The van der Waals surface area contributed by atoms with Gasteiger partial charge in [0.05, 0.1) is 16.3 Å². The summed E-state index contributed by atoms with van der Waals surface area (Å²) in [5.41, 5.74) is 1.39. The second kappa shape index (κ2) is 5.50. The Labute approximate surface area is 120 Å². The molecule has 5 nitrogen and oxygen atoms in total. The van der Waals surface area contributed by atoms with Crippen LogP contribution in [0.2, 0.25) is 0 Å². The number of nitro benzene ring substituents is 1. The Morgan fingerprint density at radius 2 is 1.52 bits per heavy atom. The topological polar surface area (TPSA) is 67.9 Å². The highest BCUT2D eigenvalue weighted by molar-refractivity contribution is 5.92. The number of hydrogen-bond acceptors (Lipinski definition) is 4. The van der Waals surface area contributed by atoms with Gasteiger partial charge in [0.1, 0.15) is 0 Å². The molecule has 3 rings (SSSR count). The fraction of sp³-hybridized carbons (Fsp3) is 0. The van der Waals surface area contributed by atoms with Gasteiger partial charge in [0.25, 0.3) is 5.69 Å². The number of nitro groups is 1. The van der Waals surface area contributed by atoms with E-state index >= 15 is 0 Å². The molecule has 102 valence electrons. The Morgan fingerprint density at radius 1 is 0.810 bits per heavy atom. The zero-order valence-electron chi connectivity index (χ0n) is 11.0. The van der Waals surface area contributed by atoms with Crippen LogP contribution in [0.5, 0.6) is 0 Å². The molecule has 0 atom stereocenters. The van der Waals surface area contributed by atoms with Crippen molar-refractivity contribution >= 4 is 27.8 Å². The summed E-state index contributed by atoms with van der Waals surface area (Å²) in [4.78, 5) is 10.2. The number of rotatable bonds is 3. The van der Waals surface area contributed by atoms with E-state index in [4.69, 9.17) is 0 Å². The summed E-state index contributed by atoms with van der Waals surface area (Å²) in [7, 11) is 0. The summed E-state index contributed by atoms with van der Waals surface area (Å²) in [6.07, 6.45) is 0. The van der Waals surface area contributed by atoms with Gasteiger partial charge in [0.15, 0.2) is 0 Å². The Balaban J connectivity index is 1.92. The Kier molecular flexibility index (Phi) is 3.39. The molecule has 21 heavy (non-hydrogen) atoms. The van der Waals surface area contributed by atoms with Crippen molar-refractivity contribution in [2.24, 2.45) is 10.2 Å². The Bertz CT molecular complexity index is 821. The van der Waals surface area contributed by atoms with Crippen molar-refractivity contribution in [1.82, 2.24) is 0 Å². The van der Waals surface area contributed by atoms with Crippen molar-refractivity contribution in [3.63, 3.8) is 0 Å². The maximum Gasteiger partial charge on any atom is 0.269 e. The lowest BCUT2D eigenvalue weighted by Gasteiger charge is -2.00. The largest absolute Gasteiger partial charge is 0.269 e. The van der Waals surface area contributed by atoms with Crippen LogP contribution < -0.4 is 0 Å². The predicted octanol–water partition coefficient (Wildman–Crippen LogP) is 5.16. The lowest BCUT2D eigenvalue weighted by Crippen LogP contribution is -1.85. The molecule has 0 amide bonds. The average molecular weight is 277 g/mol. The van der Waals surface area contributed by atoms with E-state index in [1.54, 1.807) is 12.1 Å². The molecule has 0 unspecified atom stereocenters. The first kappa shape index (κ1) is 12.9. The van der Waals surface area contributed by atoms with E-state index in [9.17, 15) is 10.1 Å². The molecule has 5 heteroatoms. The maximum atomic E-state index is 10.6. The van der Waals surface area contributed by atoms with E-state index in [1.807, 2.05) is 42.5 Å². The number of benzene rings is 3. The predicted molar refractivity (Wildman–Crippen MR) is 81.2 cm³/mol. The molecule has 0 aliphatic heterocycles. The standard InChI is InChI=1S/C16H11N3O2/c20-19(21)14-10-8-13(9-11-14)17-18-16-7-3-5-12-4-1-2-6-15(12)16/h1-11H. The van der Waals surface area contributed by atoms with Gasteiger partial charge in [-0.25, -0.2) is 0 Å². The minimum absolute atomic E-state index is 0.0408. The number of non-ortho nitro benzene ring substituents is 1. The summed E-state index contributed by atoms with van der Waals surface area (Å²) in [6, 6.07) is 19.7. The van der Waals surface area contributed by atoms with Crippen LogP contribution in [-0.2, 0) is 0 Å². The van der Waals surface area contributed by atoms with Gasteiger partial charge in [-0.3, -0.25) is 10.1 Å². The van der Waals surface area contributed by atoms with Gasteiger partial charge in [-0.15, -0.1) is 5.11 Å². The van der Waals surface area contributed by atoms with Crippen LogP contribution in [0, 0.1) is 10.1 Å². The molecule has 0 spiro atoms. The van der Waals surface area contributed by atoms with E-state index in [2.05, 4.69) is 10.2 Å². The molecule has 3 aromatic rings. The van der Waals surface area contributed by atoms with Crippen LogP contribution in [0.1, 0.15) is 0 Å². The zero-order valence-corrected chi connectivity index (χ0v) is 11.0. The number of fused-ring (bicyclic) bond motifs is 1. The lowest BCUT2D eigenvalue weighted by atomic mass is 10.1. The molecule has 0 N–H and O–H groups in total. The summed E-state index contributed by atoms with van der Waals surface area (Å²) in [5, 5.41) is 21.1. The fourth-order valence-corrected chi connectivity index (χ4v) is 2.05. The third-order valence-electron chi connectivity index (χ3n) is 3.10. The van der Waals surface area contributed by atoms with Crippen LogP contribution in [0.3, 0.4) is 0 Å². The summed E-state index contributed by atoms with van der Waals surface area (Å²) in [5.74, 6) is 0. The van der Waals surface area contributed by atoms with Crippen molar-refractivity contribution in [3.8, 4) is 0 Å². The van der Waals surface area contributed by atoms with Crippen LogP contribution in [0.4, 0.5) is 17.1 Å². The average Bonchev–Trinajstić information content (AvgIpc) is 2.53. The highest BCUT2D eigenvalue weighted by atomic mass is 16.6. The monoisotopic (exact) mass is 277 g/mol. The Morgan fingerprint density at radius 3 is 2.29 bits per heavy atom. The van der Waals surface area contributed by atoms with E-state index in [-0.39, 0.29) is 5.69 Å². The second-order valence-corrected chi connectivity index (χ2v) is 4.47. The molecule has 0 saturated heterocycles. The van der Waals surface area contributed by atoms with Crippen molar-refractivity contribution < 1.29 is 4.92 Å². The van der Waals surface area contributed by atoms with Crippen molar-refractivity contribution in [2.45, 2.75) is 0 Å². The van der Waals surface area contributed by atoms with Crippen molar-refractivity contribution in [3.05, 3.63) is 76.8 Å². The molecule has 0 aromatic heterocycles. The van der Waals surface area contributed by atoms with E-state index in [1.165, 1.54) is 12.1 Å². The molecule has 0 heterocycles. The molecule has 0 aliphatic carbocycles. The van der Waals surface area contributed by atoms with E-state index in [0.29, 0.717) is 5.69 Å². The summed E-state index contributed by atoms with van der Waals surface area (Å²) < 4.78 is 0. The highest BCUT2D eigenvalue weighted by Crippen LogP contribution is 2.27. The van der Waals surface area contributed by atoms with Gasteiger partial charge in [0.2, 0.25) is 0 Å². The number of azo groups is 1. The molecular weight excluding hydrogens is 266 g/mol. The van der Waals surface area contributed by atoms with E-state index < -0.39 is 4.92 Å².